The second-order valence-electron chi connectivity index (χ2n) is 2.73. The fourth-order valence-electron chi connectivity index (χ4n) is 1.03. The maximum Gasteiger partial charge on any atom is 0.337 e. The number of aliphatic hydroxyl groups is 1. The van der Waals surface area contributed by atoms with Gasteiger partial charge in [-0.15, -0.1) is 0 Å². The van der Waals surface area contributed by atoms with Gasteiger partial charge in [-0.25, -0.2) is 4.79 Å². The van der Waals surface area contributed by atoms with E-state index in [1.165, 1.54) is 18.2 Å². The van der Waals surface area contributed by atoms with Crippen LogP contribution < -0.4 is 17.0 Å². The number of nitrogen functional groups attached to an aromatic ring is 2. The average Bonchev–Trinajstić information content (AvgIpc) is 2.16. The van der Waals surface area contributed by atoms with Crippen molar-refractivity contribution in [3.63, 3.8) is 0 Å². The van der Waals surface area contributed by atoms with Gasteiger partial charge in [-0.1, -0.05) is 6.07 Å². The van der Waals surface area contributed by atoms with E-state index in [4.69, 9.17) is 16.7 Å². The van der Waals surface area contributed by atoms with E-state index in [1.54, 1.807) is 0 Å². The Bertz CT molecular complexity index is 354. The number of carboxylic acid groups (broad SMARTS) is 1. The van der Waals surface area contributed by atoms with Crippen LogP contribution in [0.25, 0.3) is 0 Å². The van der Waals surface area contributed by atoms with Gasteiger partial charge in [0.15, 0.2) is 6.10 Å². The third kappa shape index (κ3) is 1.93. The Balaban J connectivity index is 3.02. The maximum absolute atomic E-state index is 10.4. The van der Waals surface area contributed by atoms with Crippen LogP contribution in [0.1, 0.15) is 11.7 Å². The number of anilines is 2. The summed E-state index contributed by atoms with van der Waals surface area (Å²) in [7, 11) is 0. The Hall–Kier alpha value is -1.79. The van der Waals surface area contributed by atoms with Crippen LogP contribution in [0, 0.1) is 0 Å². The van der Waals surface area contributed by atoms with Gasteiger partial charge in [-0.3, -0.25) is 5.84 Å². The Morgan fingerprint density at radius 3 is 2.57 bits per heavy atom. The standard InChI is InChI=1S/C8H11N3O3/c9-5-3-4(7(12)8(13)14)1-2-6(5)11-10/h1-3,7,11-12H,9-10H2,(H,13,14). The van der Waals surface area contributed by atoms with E-state index in [0.29, 0.717) is 5.69 Å². The molecule has 1 unspecified atom stereocenters. The Morgan fingerprint density at radius 1 is 1.50 bits per heavy atom. The number of carbonyl (C=O) groups is 1. The molecule has 1 aromatic rings. The lowest BCUT2D eigenvalue weighted by Gasteiger charge is -2.09. The molecule has 0 aromatic heterocycles. The van der Waals surface area contributed by atoms with Gasteiger partial charge in [0.1, 0.15) is 0 Å². The number of hydrogen-bond donors (Lipinski definition) is 5. The predicted molar refractivity (Wildman–Crippen MR) is 51.3 cm³/mol. The molecular formula is C8H11N3O3. The topological polar surface area (TPSA) is 122 Å². The highest BCUT2D eigenvalue weighted by molar-refractivity contribution is 5.76. The molecule has 6 nitrogen and oxygen atoms in total. The highest BCUT2D eigenvalue weighted by Gasteiger charge is 2.16. The van der Waals surface area contributed by atoms with Crippen LogP contribution in [0.4, 0.5) is 11.4 Å². The lowest BCUT2D eigenvalue weighted by atomic mass is 10.1. The molecular weight excluding hydrogens is 186 g/mol. The van der Waals surface area contributed by atoms with E-state index in [2.05, 4.69) is 5.43 Å². The van der Waals surface area contributed by atoms with Crippen LogP contribution >= 0.6 is 0 Å². The summed E-state index contributed by atoms with van der Waals surface area (Å²) < 4.78 is 0. The summed E-state index contributed by atoms with van der Waals surface area (Å²) in [6.07, 6.45) is -1.57. The van der Waals surface area contributed by atoms with Crippen molar-refractivity contribution in [3.05, 3.63) is 23.8 Å². The summed E-state index contributed by atoms with van der Waals surface area (Å²) >= 11 is 0. The summed E-state index contributed by atoms with van der Waals surface area (Å²) in [5, 5.41) is 17.7. The number of benzene rings is 1. The molecule has 0 saturated heterocycles. The molecule has 0 saturated carbocycles. The fourth-order valence-corrected chi connectivity index (χ4v) is 1.03. The van der Waals surface area contributed by atoms with E-state index in [9.17, 15) is 9.90 Å². The number of aliphatic carboxylic acids is 1. The molecule has 7 N–H and O–H groups in total. The zero-order chi connectivity index (χ0) is 10.7. The second-order valence-corrected chi connectivity index (χ2v) is 2.73. The molecule has 0 amide bonds. The molecule has 0 aliphatic carbocycles. The Kier molecular flexibility index (Phi) is 2.90. The minimum atomic E-state index is -1.57. The van der Waals surface area contributed by atoms with Gasteiger partial charge in [0.25, 0.3) is 0 Å². The van der Waals surface area contributed by atoms with Gasteiger partial charge in [0.05, 0.1) is 11.4 Å². The van der Waals surface area contributed by atoms with Gasteiger partial charge in [0, 0.05) is 0 Å². The Morgan fingerprint density at radius 2 is 2.14 bits per heavy atom. The lowest BCUT2D eigenvalue weighted by Crippen LogP contribution is -2.13. The van der Waals surface area contributed by atoms with Gasteiger partial charge in [-0.2, -0.15) is 0 Å². The van der Waals surface area contributed by atoms with Gasteiger partial charge in [-0.05, 0) is 17.7 Å². The van der Waals surface area contributed by atoms with Crippen molar-refractivity contribution in [2.75, 3.05) is 11.2 Å². The summed E-state index contributed by atoms with van der Waals surface area (Å²) in [6.45, 7) is 0. The highest BCUT2D eigenvalue weighted by Crippen LogP contribution is 2.22. The molecule has 1 aromatic carbocycles. The summed E-state index contributed by atoms with van der Waals surface area (Å²) in [5.74, 6) is 3.81. The van der Waals surface area contributed by atoms with E-state index in [0.717, 1.165) is 0 Å². The monoisotopic (exact) mass is 197 g/mol. The van der Waals surface area contributed by atoms with Gasteiger partial charge < -0.3 is 21.4 Å². The normalized spacial score (nSPS) is 12.1. The van der Waals surface area contributed by atoms with Crippen molar-refractivity contribution >= 4 is 17.3 Å². The number of nitrogens with two attached hydrogens (primary N) is 2. The zero-order valence-electron chi connectivity index (χ0n) is 7.27. The second kappa shape index (κ2) is 3.95. The molecule has 0 radical (unpaired) electrons. The predicted octanol–water partition coefficient (Wildman–Crippen LogP) is -0.328. The zero-order valence-corrected chi connectivity index (χ0v) is 7.27. The number of carboxylic acids is 1. The minimum absolute atomic E-state index is 0.217. The lowest BCUT2D eigenvalue weighted by molar-refractivity contribution is -0.146. The molecule has 0 spiro atoms. The third-order valence-electron chi connectivity index (χ3n) is 1.78. The third-order valence-corrected chi connectivity index (χ3v) is 1.78. The van der Waals surface area contributed by atoms with Crippen LogP contribution in [-0.2, 0) is 4.79 Å². The van der Waals surface area contributed by atoms with Gasteiger partial charge in [0.2, 0.25) is 0 Å². The molecule has 0 fully saturated rings. The number of hydrogen-bond acceptors (Lipinski definition) is 5. The van der Waals surface area contributed by atoms with Crippen LogP contribution in [0.3, 0.4) is 0 Å². The average molecular weight is 197 g/mol. The molecule has 14 heavy (non-hydrogen) atoms. The SMILES string of the molecule is NNc1ccc(C(O)C(=O)O)cc1N. The van der Waals surface area contributed by atoms with E-state index >= 15 is 0 Å². The number of rotatable bonds is 3. The van der Waals surface area contributed by atoms with Crippen molar-refractivity contribution in [1.82, 2.24) is 0 Å². The van der Waals surface area contributed by atoms with Crippen molar-refractivity contribution < 1.29 is 15.0 Å². The molecule has 0 aliphatic heterocycles. The fraction of sp³-hybridized carbons (Fsp3) is 0.125. The molecule has 1 atom stereocenters. The quantitative estimate of drug-likeness (QED) is 0.257. The van der Waals surface area contributed by atoms with E-state index in [1.807, 2.05) is 0 Å². The van der Waals surface area contributed by atoms with Crippen molar-refractivity contribution in [1.29, 1.82) is 0 Å². The summed E-state index contributed by atoms with van der Waals surface area (Å²) in [6, 6.07) is 4.29. The summed E-state index contributed by atoms with van der Waals surface area (Å²) in [5.41, 5.74) is 8.84. The first-order chi connectivity index (χ1) is 6.56. The maximum atomic E-state index is 10.4. The van der Waals surface area contributed by atoms with E-state index in [-0.39, 0.29) is 11.3 Å². The molecule has 0 bridgehead atoms. The molecule has 0 aliphatic rings. The van der Waals surface area contributed by atoms with Crippen molar-refractivity contribution in [2.24, 2.45) is 5.84 Å². The van der Waals surface area contributed by atoms with Crippen molar-refractivity contribution in [3.8, 4) is 0 Å². The minimum Gasteiger partial charge on any atom is -0.479 e. The molecule has 76 valence electrons. The largest absolute Gasteiger partial charge is 0.479 e. The number of hydrazine groups is 1. The number of nitrogens with one attached hydrogen (secondary N) is 1. The Labute approximate surface area is 80.1 Å². The van der Waals surface area contributed by atoms with Crippen molar-refractivity contribution in [2.45, 2.75) is 6.10 Å². The van der Waals surface area contributed by atoms with Crippen LogP contribution in [0.5, 0.6) is 0 Å². The summed E-state index contributed by atoms with van der Waals surface area (Å²) in [4.78, 5) is 10.4. The number of aliphatic hydroxyl groups excluding tert-OH is 1. The van der Waals surface area contributed by atoms with Gasteiger partial charge >= 0.3 is 5.97 Å². The first-order valence-corrected chi connectivity index (χ1v) is 3.83. The van der Waals surface area contributed by atoms with Crippen LogP contribution in [0.15, 0.2) is 18.2 Å². The smallest absolute Gasteiger partial charge is 0.337 e. The van der Waals surface area contributed by atoms with Crippen LogP contribution in [-0.4, -0.2) is 16.2 Å². The van der Waals surface area contributed by atoms with Crippen LogP contribution in [0.2, 0.25) is 0 Å². The van der Waals surface area contributed by atoms with E-state index < -0.39 is 12.1 Å². The first-order valence-electron chi connectivity index (χ1n) is 3.83. The molecule has 1 rings (SSSR count). The highest BCUT2D eigenvalue weighted by atomic mass is 16.4. The molecule has 0 heterocycles. The first kappa shape index (κ1) is 10.3. The molecule has 6 heteroatoms.